The molecule has 1 N–H and O–H groups in total. The van der Waals surface area contributed by atoms with Crippen LogP contribution in [0.5, 0.6) is 0 Å². The Morgan fingerprint density at radius 2 is 1.94 bits per heavy atom. The van der Waals surface area contributed by atoms with Crippen LogP contribution in [0.1, 0.15) is 33.1 Å². The first kappa shape index (κ1) is 13.9. The van der Waals surface area contributed by atoms with E-state index in [0.29, 0.717) is 12.6 Å². The summed E-state index contributed by atoms with van der Waals surface area (Å²) in [5.74, 6) is 0. The zero-order chi connectivity index (χ0) is 12.2. The van der Waals surface area contributed by atoms with Gasteiger partial charge in [0.2, 0.25) is 0 Å². The van der Waals surface area contributed by atoms with E-state index in [4.69, 9.17) is 0 Å². The van der Waals surface area contributed by atoms with Crippen molar-refractivity contribution in [2.24, 2.45) is 5.41 Å². The Labute approximate surface area is 100 Å². The van der Waals surface area contributed by atoms with E-state index in [-0.39, 0.29) is 5.41 Å². The molecule has 0 aromatic carbocycles. The number of hydrogen-bond acceptors (Lipinski definition) is 3. The number of rotatable bonds is 5. The molecule has 1 unspecified atom stereocenters. The minimum atomic E-state index is 0.0676. The van der Waals surface area contributed by atoms with Crippen molar-refractivity contribution in [2.75, 3.05) is 40.3 Å². The molecule has 1 fully saturated rings. The normalized spacial score (nSPS) is 23.6. The van der Waals surface area contributed by atoms with Gasteiger partial charge in [-0.3, -0.25) is 0 Å². The second-order valence-corrected chi connectivity index (χ2v) is 5.77. The summed E-state index contributed by atoms with van der Waals surface area (Å²) in [6, 6.07) is 0.702. The molecule has 3 nitrogen and oxygen atoms in total. The first-order valence-corrected chi connectivity index (χ1v) is 6.50. The molecule has 0 aromatic heterocycles. The maximum Gasteiger partial charge on any atom is 0.0496 e. The third-order valence-electron chi connectivity index (χ3n) is 4.18. The predicted octanol–water partition coefficient (Wildman–Crippen LogP) is 1.42. The molecule has 0 bridgehead atoms. The molecular weight excluding hydrogens is 200 g/mol. The number of nitrogens with zero attached hydrogens (tertiary/aromatic N) is 2. The van der Waals surface area contributed by atoms with Crippen molar-refractivity contribution < 1.29 is 5.11 Å². The van der Waals surface area contributed by atoms with E-state index < -0.39 is 0 Å². The lowest BCUT2D eigenvalue weighted by Gasteiger charge is -2.39. The number of aliphatic hydroxyl groups excluding tert-OH is 1. The molecule has 1 atom stereocenters. The van der Waals surface area contributed by atoms with Crippen LogP contribution >= 0.6 is 0 Å². The third kappa shape index (κ3) is 3.72. The molecule has 0 spiro atoms. The average molecular weight is 228 g/mol. The smallest absolute Gasteiger partial charge is 0.0496 e. The standard InChI is InChI=1S/C13H28N2O/c1-5-13(2,11-16)10-15(4)12-6-8-14(3)9-7-12/h12,16H,5-11H2,1-4H3. The van der Waals surface area contributed by atoms with Crippen LogP contribution in [0.25, 0.3) is 0 Å². The lowest BCUT2D eigenvalue weighted by molar-refractivity contribution is 0.0591. The number of likely N-dealkylation sites (tertiary alicyclic amines) is 1. The molecular formula is C13H28N2O. The van der Waals surface area contributed by atoms with E-state index in [9.17, 15) is 5.11 Å². The topological polar surface area (TPSA) is 26.7 Å². The molecule has 1 heterocycles. The van der Waals surface area contributed by atoms with Crippen LogP contribution in [0.15, 0.2) is 0 Å². The first-order valence-electron chi connectivity index (χ1n) is 6.50. The van der Waals surface area contributed by atoms with E-state index in [1.807, 2.05) is 0 Å². The molecule has 0 saturated carbocycles. The maximum absolute atomic E-state index is 9.44. The summed E-state index contributed by atoms with van der Waals surface area (Å²) in [5, 5.41) is 9.44. The summed E-state index contributed by atoms with van der Waals surface area (Å²) < 4.78 is 0. The van der Waals surface area contributed by atoms with Gasteiger partial charge in [0.1, 0.15) is 0 Å². The molecule has 1 aliphatic heterocycles. The van der Waals surface area contributed by atoms with Gasteiger partial charge in [0.05, 0.1) is 0 Å². The van der Waals surface area contributed by atoms with Crippen LogP contribution in [0, 0.1) is 5.41 Å². The molecule has 1 rings (SSSR count). The summed E-state index contributed by atoms with van der Waals surface area (Å²) in [6.07, 6.45) is 3.57. The summed E-state index contributed by atoms with van der Waals surface area (Å²) in [5.41, 5.74) is 0.0676. The Hall–Kier alpha value is -0.120. The van der Waals surface area contributed by atoms with Crippen LogP contribution in [0.4, 0.5) is 0 Å². The van der Waals surface area contributed by atoms with Crippen molar-refractivity contribution in [3.05, 3.63) is 0 Å². The molecule has 96 valence electrons. The van der Waals surface area contributed by atoms with Crippen molar-refractivity contribution in [3.63, 3.8) is 0 Å². The molecule has 0 aliphatic carbocycles. The fraction of sp³-hybridized carbons (Fsp3) is 1.00. The van der Waals surface area contributed by atoms with Crippen LogP contribution in [0.2, 0.25) is 0 Å². The van der Waals surface area contributed by atoms with Gasteiger partial charge >= 0.3 is 0 Å². The number of piperidine rings is 1. The van der Waals surface area contributed by atoms with Gasteiger partial charge in [-0.1, -0.05) is 13.8 Å². The summed E-state index contributed by atoms with van der Waals surface area (Å²) in [6.45, 7) is 8.06. The third-order valence-corrected chi connectivity index (χ3v) is 4.18. The minimum absolute atomic E-state index is 0.0676. The predicted molar refractivity (Wildman–Crippen MR) is 68.6 cm³/mol. The molecule has 0 aromatic rings. The quantitative estimate of drug-likeness (QED) is 0.771. The monoisotopic (exact) mass is 228 g/mol. The summed E-state index contributed by atoms with van der Waals surface area (Å²) >= 11 is 0. The Balaban J connectivity index is 2.42. The van der Waals surface area contributed by atoms with Gasteiger partial charge in [-0.05, 0) is 46.4 Å². The Morgan fingerprint density at radius 3 is 2.38 bits per heavy atom. The van der Waals surface area contributed by atoms with Gasteiger partial charge in [-0.15, -0.1) is 0 Å². The highest BCUT2D eigenvalue weighted by molar-refractivity contribution is 4.82. The molecule has 0 radical (unpaired) electrons. The molecule has 0 amide bonds. The Morgan fingerprint density at radius 1 is 1.38 bits per heavy atom. The van der Waals surface area contributed by atoms with E-state index in [2.05, 4.69) is 37.7 Å². The van der Waals surface area contributed by atoms with E-state index in [1.165, 1.54) is 25.9 Å². The van der Waals surface area contributed by atoms with Gasteiger partial charge in [0, 0.05) is 24.6 Å². The molecule has 16 heavy (non-hydrogen) atoms. The van der Waals surface area contributed by atoms with Crippen molar-refractivity contribution in [1.82, 2.24) is 9.80 Å². The lowest BCUT2D eigenvalue weighted by Crippen LogP contribution is -2.46. The van der Waals surface area contributed by atoms with Crippen molar-refractivity contribution in [3.8, 4) is 0 Å². The Kier molecular flexibility index (Phi) is 5.22. The zero-order valence-corrected chi connectivity index (χ0v) is 11.4. The molecule has 1 saturated heterocycles. The van der Waals surface area contributed by atoms with Crippen molar-refractivity contribution >= 4 is 0 Å². The maximum atomic E-state index is 9.44. The number of hydrogen-bond donors (Lipinski definition) is 1. The van der Waals surface area contributed by atoms with Gasteiger partial charge in [0.15, 0.2) is 0 Å². The first-order chi connectivity index (χ1) is 7.50. The highest BCUT2D eigenvalue weighted by atomic mass is 16.3. The fourth-order valence-electron chi connectivity index (χ4n) is 2.44. The summed E-state index contributed by atoms with van der Waals surface area (Å²) in [4.78, 5) is 4.85. The fourth-order valence-corrected chi connectivity index (χ4v) is 2.44. The van der Waals surface area contributed by atoms with E-state index in [1.54, 1.807) is 0 Å². The second kappa shape index (κ2) is 5.99. The van der Waals surface area contributed by atoms with Gasteiger partial charge in [-0.25, -0.2) is 0 Å². The van der Waals surface area contributed by atoms with Crippen LogP contribution < -0.4 is 0 Å². The van der Waals surface area contributed by atoms with Gasteiger partial charge in [-0.2, -0.15) is 0 Å². The van der Waals surface area contributed by atoms with Crippen molar-refractivity contribution in [2.45, 2.75) is 39.2 Å². The second-order valence-electron chi connectivity index (χ2n) is 5.77. The van der Waals surface area contributed by atoms with Crippen LogP contribution in [0.3, 0.4) is 0 Å². The molecule has 3 heteroatoms. The average Bonchev–Trinajstić information content (AvgIpc) is 2.29. The number of aliphatic hydroxyl groups is 1. The lowest BCUT2D eigenvalue weighted by atomic mass is 9.87. The molecule has 1 aliphatic rings. The zero-order valence-electron chi connectivity index (χ0n) is 11.4. The SMILES string of the molecule is CCC(C)(CO)CN(C)C1CCN(C)CC1. The summed E-state index contributed by atoms with van der Waals surface area (Å²) in [7, 11) is 4.40. The largest absolute Gasteiger partial charge is 0.396 e. The minimum Gasteiger partial charge on any atom is -0.396 e. The van der Waals surface area contributed by atoms with E-state index >= 15 is 0 Å². The van der Waals surface area contributed by atoms with Crippen LogP contribution in [-0.2, 0) is 0 Å². The Bertz CT molecular complexity index is 196. The highest BCUT2D eigenvalue weighted by Crippen LogP contribution is 2.24. The van der Waals surface area contributed by atoms with Crippen LogP contribution in [-0.4, -0.2) is 61.3 Å². The highest BCUT2D eigenvalue weighted by Gasteiger charge is 2.27. The van der Waals surface area contributed by atoms with E-state index in [0.717, 1.165) is 13.0 Å². The van der Waals surface area contributed by atoms with Crippen molar-refractivity contribution in [1.29, 1.82) is 0 Å². The van der Waals surface area contributed by atoms with Gasteiger partial charge in [0.25, 0.3) is 0 Å². The van der Waals surface area contributed by atoms with Gasteiger partial charge < -0.3 is 14.9 Å².